The van der Waals surface area contributed by atoms with Gasteiger partial charge in [-0.15, -0.1) is 0 Å². The van der Waals surface area contributed by atoms with Gasteiger partial charge in [0.1, 0.15) is 13.1 Å². The Morgan fingerprint density at radius 2 is 1.55 bits per heavy atom. The summed E-state index contributed by atoms with van der Waals surface area (Å²) in [6.45, 7) is 4.49. The molecule has 4 aliphatic carbocycles. The number of amides is 1. The van der Waals surface area contributed by atoms with Crippen LogP contribution in [0, 0.1) is 40.9 Å². The molecule has 8 atom stereocenters. The Morgan fingerprint density at radius 1 is 0.851 bits per heavy atom. The van der Waals surface area contributed by atoms with Crippen LogP contribution in [0.15, 0.2) is 64.2 Å². The molecule has 3 aromatic heterocycles. The Kier molecular flexibility index (Phi) is 8.35. The van der Waals surface area contributed by atoms with E-state index in [0.29, 0.717) is 29.1 Å². The van der Waals surface area contributed by atoms with Crippen LogP contribution in [0.25, 0.3) is 5.69 Å². The van der Waals surface area contributed by atoms with Crippen LogP contribution in [-0.4, -0.2) is 58.7 Å². The number of fused-ring (bicyclic) bond motifs is 5. The average Bonchev–Trinajstić information content (AvgIpc) is 3.77. The lowest BCUT2D eigenvalue weighted by atomic mass is 9.49. The van der Waals surface area contributed by atoms with Gasteiger partial charge in [0.25, 0.3) is 5.91 Å². The van der Waals surface area contributed by atoms with Crippen molar-refractivity contribution in [2.45, 2.75) is 83.8 Å². The van der Waals surface area contributed by atoms with Crippen molar-refractivity contribution in [2.24, 2.45) is 51.3 Å². The van der Waals surface area contributed by atoms with Crippen molar-refractivity contribution in [3.63, 3.8) is 0 Å². The van der Waals surface area contributed by atoms with Crippen molar-refractivity contribution >= 4 is 17.4 Å². The van der Waals surface area contributed by atoms with E-state index in [1.54, 1.807) is 49.1 Å². The first kappa shape index (κ1) is 31.5. The standard InChI is InChI=1S/C27H37N5O3.C7H6N4O/c1-26(35)11-7-19-17(15-26)3-4-21-20(19)8-12-27(2)22(21)5-6-23(27)24(33)16-31-25(34)32(30-29-31)18-9-13-28-14-10-18;12-7-5-9-10-11(7)6-1-3-8-4-2-6/h9-10,13-14,17,19-23,35H,3-8,11-12,15-16H2,1-2H3;1-4H,5H2/t17-,19+,20-,21-,22+,23-,26-,27+;/m1./s1. The molecule has 0 spiro atoms. The number of nitrogens with zero attached hydrogens (tertiary/aromatic N) is 9. The maximum absolute atomic E-state index is 13.6. The quantitative estimate of drug-likeness (QED) is 0.434. The van der Waals surface area contributed by atoms with E-state index >= 15 is 0 Å². The Hall–Kier alpha value is -4.13. The van der Waals surface area contributed by atoms with Gasteiger partial charge in [0.15, 0.2) is 5.78 Å². The summed E-state index contributed by atoms with van der Waals surface area (Å²) in [4.78, 5) is 45.3. The van der Waals surface area contributed by atoms with E-state index in [1.165, 1.54) is 33.6 Å². The van der Waals surface area contributed by atoms with Gasteiger partial charge in [0, 0.05) is 30.7 Å². The smallest absolute Gasteiger partial charge is 0.368 e. The Balaban J connectivity index is 0.000000245. The second-order valence-corrected chi connectivity index (χ2v) is 14.7. The summed E-state index contributed by atoms with van der Waals surface area (Å²) in [7, 11) is 0. The van der Waals surface area contributed by atoms with E-state index < -0.39 is 5.60 Å². The van der Waals surface area contributed by atoms with E-state index in [2.05, 4.69) is 37.7 Å². The number of rotatable bonds is 5. The highest BCUT2D eigenvalue weighted by molar-refractivity contribution is 5.95. The lowest BCUT2D eigenvalue weighted by molar-refractivity contribution is -0.133. The number of aromatic nitrogens is 6. The maximum Gasteiger partial charge on any atom is 0.368 e. The number of aliphatic hydroxyl groups is 1. The Bertz CT molecular complexity index is 1690. The maximum atomic E-state index is 13.6. The van der Waals surface area contributed by atoms with Gasteiger partial charge in [-0.2, -0.15) is 19.5 Å². The first-order valence-electron chi connectivity index (χ1n) is 16.9. The van der Waals surface area contributed by atoms with Crippen molar-refractivity contribution in [1.82, 2.24) is 29.8 Å². The number of anilines is 1. The van der Waals surface area contributed by atoms with Crippen LogP contribution in [-0.2, 0) is 16.1 Å². The van der Waals surface area contributed by atoms with Gasteiger partial charge in [-0.3, -0.25) is 19.6 Å². The van der Waals surface area contributed by atoms with Crippen LogP contribution in [0.4, 0.5) is 5.69 Å². The third-order valence-corrected chi connectivity index (χ3v) is 12.0. The monoisotopic (exact) mass is 641 g/mol. The molecule has 0 unspecified atom stereocenters. The summed E-state index contributed by atoms with van der Waals surface area (Å²) in [5, 5.41) is 27.2. The molecule has 4 heterocycles. The van der Waals surface area contributed by atoms with E-state index in [9.17, 15) is 19.5 Å². The molecule has 0 saturated heterocycles. The normalized spacial score (nSPS) is 34.2. The van der Waals surface area contributed by atoms with Gasteiger partial charge in [0.05, 0.1) is 17.0 Å². The predicted molar refractivity (Wildman–Crippen MR) is 171 cm³/mol. The minimum absolute atomic E-state index is 0.00916. The van der Waals surface area contributed by atoms with Crippen LogP contribution in [0.2, 0.25) is 0 Å². The van der Waals surface area contributed by atoms with Crippen LogP contribution in [0.1, 0.15) is 71.6 Å². The van der Waals surface area contributed by atoms with Crippen LogP contribution in [0.3, 0.4) is 0 Å². The summed E-state index contributed by atoms with van der Waals surface area (Å²) in [6.07, 6.45) is 16.2. The molecule has 4 saturated carbocycles. The first-order valence-corrected chi connectivity index (χ1v) is 16.9. The largest absolute Gasteiger partial charge is 0.390 e. The number of carbonyl (C=O) groups excluding carboxylic acids is 2. The second-order valence-electron chi connectivity index (χ2n) is 14.7. The molecule has 248 valence electrons. The number of hydrogen-bond acceptors (Lipinski definition) is 10. The van der Waals surface area contributed by atoms with Gasteiger partial charge < -0.3 is 5.11 Å². The fourth-order valence-corrected chi connectivity index (χ4v) is 9.84. The van der Waals surface area contributed by atoms with Crippen LogP contribution >= 0.6 is 0 Å². The third kappa shape index (κ3) is 5.94. The van der Waals surface area contributed by atoms with Gasteiger partial charge in [-0.05, 0) is 134 Å². The zero-order valence-electron chi connectivity index (χ0n) is 27.1. The molecule has 1 amide bonds. The molecule has 5 aliphatic rings. The summed E-state index contributed by atoms with van der Waals surface area (Å²) < 4.78 is 2.43. The number of pyridine rings is 2. The molecule has 0 bridgehead atoms. The second kappa shape index (κ2) is 12.5. The van der Waals surface area contributed by atoms with Crippen molar-refractivity contribution < 1.29 is 14.7 Å². The highest BCUT2D eigenvalue weighted by Gasteiger charge is 2.58. The fourth-order valence-electron chi connectivity index (χ4n) is 9.84. The topological polar surface area (TPSA) is 161 Å². The molecule has 47 heavy (non-hydrogen) atoms. The zero-order chi connectivity index (χ0) is 32.8. The van der Waals surface area contributed by atoms with Gasteiger partial charge >= 0.3 is 5.69 Å². The highest BCUT2D eigenvalue weighted by Crippen LogP contribution is 2.64. The minimum atomic E-state index is -0.487. The van der Waals surface area contributed by atoms with E-state index in [0.717, 1.165) is 50.4 Å². The number of ketones is 1. The fraction of sp³-hybridized carbons (Fsp3) is 0.618. The van der Waals surface area contributed by atoms with E-state index in [4.69, 9.17) is 0 Å². The van der Waals surface area contributed by atoms with E-state index in [1.807, 2.05) is 6.92 Å². The predicted octanol–water partition coefficient (Wildman–Crippen LogP) is 4.21. The number of carbonyl (C=O) groups is 2. The number of Topliss-reactive ketones (excluding diaryl/α,β-unsaturated/α-hetero) is 1. The zero-order valence-corrected chi connectivity index (χ0v) is 27.1. The molecule has 4 fully saturated rings. The summed E-state index contributed by atoms with van der Waals surface area (Å²) in [5.74, 6) is 3.44. The molecule has 3 aromatic rings. The van der Waals surface area contributed by atoms with Crippen molar-refractivity contribution in [3.05, 3.63) is 59.5 Å². The summed E-state index contributed by atoms with van der Waals surface area (Å²) in [5.41, 5.74) is 0.431. The summed E-state index contributed by atoms with van der Waals surface area (Å²) >= 11 is 0. The molecule has 13 nitrogen and oxygen atoms in total. The van der Waals surface area contributed by atoms with Gasteiger partial charge in [-0.1, -0.05) is 12.1 Å². The van der Waals surface area contributed by atoms with Crippen molar-refractivity contribution in [1.29, 1.82) is 0 Å². The molecular formula is C34H43N9O4. The van der Waals surface area contributed by atoms with Crippen LogP contribution < -0.4 is 10.7 Å². The minimum Gasteiger partial charge on any atom is -0.390 e. The SMILES string of the molecule is C[C@@]1(O)CC[C@H]2[C@H](CC[C@@H]3[C@@H]2CC[C@]2(C)[C@@H](C(=O)Cn4nnn(-c5ccncc5)c4=O)CC[C@@H]32)C1.O=C1CN=NN1c1ccncc1. The Labute approximate surface area is 273 Å². The average molecular weight is 642 g/mol. The van der Waals surface area contributed by atoms with Gasteiger partial charge in [-0.25, -0.2) is 4.79 Å². The molecule has 0 aromatic carbocycles. The molecular weight excluding hydrogens is 598 g/mol. The van der Waals surface area contributed by atoms with Gasteiger partial charge in [0.2, 0.25) is 0 Å². The van der Waals surface area contributed by atoms with Crippen LogP contribution in [0.5, 0.6) is 0 Å². The number of tetrazole rings is 1. The third-order valence-electron chi connectivity index (χ3n) is 12.0. The van der Waals surface area contributed by atoms with Crippen molar-refractivity contribution in [3.8, 4) is 5.69 Å². The van der Waals surface area contributed by atoms with Crippen molar-refractivity contribution in [2.75, 3.05) is 11.6 Å². The molecule has 0 radical (unpaired) electrons. The molecule has 8 rings (SSSR count). The lowest BCUT2D eigenvalue weighted by Gasteiger charge is -2.56. The highest BCUT2D eigenvalue weighted by atomic mass is 16.3. The van der Waals surface area contributed by atoms with E-state index in [-0.39, 0.29) is 41.8 Å². The lowest BCUT2D eigenvalue weighted by Crippen LogP contribution is -2.51. The summed E-state index contributed by atoms with van der Waals surface area (Å²) in [6, 6.07) is 6.82. The molecule has 13 heteroatoms. The molecule has 1 N–H and O–H groups in total. The number of hydrogen-bond donors (Lipinski definition) is 1. The molecule has 1 aliphatic heterocycles. The Morgan fingerprint density at radius 3 is 2.26 bits per heavy atom. The first-order chi connectivity index (χ1) is 22.6.